The molecule has 0 saturated carbocycles. The molecule has 0 unspecified atom stereocenters. The van der Waals surface area contributed by atoms with Crippen molar-refractivity contribution in [2.75, 3.05) is 37.7 Å². The highest BCUT2D eigenvalue weighted by Gasteiger charge is 2.52. The lowest BCUT2D eigenvalue weighted by Gasteiger charge is -2.37. The van der Waals surface area contributed by atoms with Crippen molar-refractivity contribution in [1.82, 2.24) is 30.6 Å². The number of hydroxylamine groups is 2. The van der Waals surface area contributed by atoms with Gasteiger partial charge in [-0.25, -0.2) is 19.6 Å². The van der Waals surface area contributed by atoms with Crippen molar-refractivity contribution in [1.29, 1.82) is 0 Å². The van der Waals surface area contributed by atoms with Crippen LogP contribution in [0.1, 0.15) is 75.7 Å². The summed E-state index contributed by atoms with van der Waals surface area (Å²) in [4.78, 5) is 91.6. The molecule has 1 aromatic heterocycles. The quantitative estimate of drug-likeness (QED) is 0.235. The fourth-order valence-corrected chi connectivity index (χ4v) is 5.92. The predicted molar refractivity (Wildman–Crippen MR) is 174 cm³/mol. The Labute approximate surface area is 284 Å². The molecule has 3 saturated heterocycles. The largest absolute Gasteiger partial charge is 0.380 e. The number of hydrogen-bond donors (Lipinski definition) is 2. The van der Waals surface area contributed by atoms with E-state index in [1.165, 1.54) is 17.3 Å². The Kier molecular flexibility index (Phi) is 10.3. The summed E-state index contributed by atoms with van der Waals surface area (Å²) in [7, 11) is 0. The van der Waals surface area contributed by atoms with Crippen molar-refractivity contribution in [2.45, 2.75) is 71.9 Å². The number of nitrogens with zero attached hydrogens (tertiary/aromatic N) is 5. The Bertz CT molecular complexity index is 1570. The Morgan fingerprint density at radius 1 is 0.918 bits per heavy atom. The number of hydrogen-bond acceptors (Lipinski definition) is 11. The van der Waals surface area contributed by atoms with Gasteiger partial charge in [-0.1, -0.05) is 58.0 Å². The fraction of sp³-hybridized carbons (Fsp3) is 0.529. The highest BCUT2D eigenvalue weighted by Crippen LogP contribution is 2.31. The van der Waals surface area contributed by atoms with Crippen molar-refractivity contribution < 1.29 is 38.3 Å². The molecule has 0 bridgehead atoms. The third-order valence-electron chi connectivity index (χ3n) is 8.76. The van der Waals surface area contributed by atoms with E-state index in [-0.39, 0.29) is 56.9 Å². The van der Waals surface area contributed by atoms with E-state index >= 15 is 0 Å². The molecule has 6 amide bonds. The minimum Gasteiger partial charge on any atom is -0.380 e. The summed E-state index contributed by atoms with van der Waals surface area (Å²) in [6.45, 7) is 9.42. The van der Waals surface area contributed by atoms with Crippen LogP contribution in [0.5, 0.6) is 0 Å². The van der Waals surface area contributed by atoms with Crippen LogP contribution in [0.2, 0.25) is 0 Å². The van der Waals surface area contributed by atoms with Gasteiger partial charge in [0.1, 0.15) is 5.54 Å². The topological polar surface area (TPSA) is 180 Å². The summed E-state index contributed by atoms with van der Waals surface area (Å²) in [6.07, 6.45) is 3.74. The molecule has 1 aromatic carbocycles. The maximum absolute atomic E-state index is 13.3. The number of ether oxygens (including phenoxy) is 1. The second-order valence-electron chi connectivity index (χ2n) is 14.4. The van der Waals surface area contributed by atoms with Gasteiger partial charge in [0.2, 0.25) is 5.95 Å². The van der Waals surface area contributed by atoms with E-state index in [0.717, 1.165) is 5.56 Å². The van der Waals surface area contributed by atoms with Gasteiger partial charge in [-0.15, -0.1) is 5.06 Å². The van der Waals surface area contributed by atoms with E-state index in [1.807, 2.05) is 62.9 Å². The molecule has 2 aromatic rings. The van der Waals surface area contributed by atoms with E-state index in [9.17, 15) is 28.8 Å². The summed E-state index contributed by atoms with van der Waals surface area (Å²) in [5.74, 6) is -1.88. The zero-order valence-electron chi connectivity index (χ0n) is 28.3. The van der Waals surface area contributed by atoms with Gasteiger partial charge in [0, 0.05) is 50.3 Å². The summed E-state index contributed by atoms with van der Waals surface area (Å²) < 4.78 is 5.89. The zero-order chi connectivity index (χ0) is 35.4. The van der Waals surface area contributed by atoms with E-state index in [2.05, 4.69) is 20.6 Å². The number of imide groups is 2. The van der Waals surface area contributed by atoms with Crippen molar-refractivity contribution in [3.63, 3.8) is 0 Å². The van der Waals surface area contributed by atoms with Crippen LogP contribution in [-0.2, 0) is 35.3 Å². The molecule has 0 aliphatic carbocycles. The summed E-state index contributed by atoms with van der Waals surface area (Å²) in [6, 6.07) is 9.00. The van der Waals surface area contributed by atoms with E-state index in [0.29, 0.717) is 49.1 Å². The first-order chi connectivity index (χ1) is 23.2. The van der Waals surface area contributed by atoms with E-state index in [1.54, 1.807) is 0 Å². The van der Waals surface area contributed by atoms with Gasteiger partial charge in [0.15, 0.2) is 0 Å². The third-order valence-corrected chi connectivity index (χ3v) is 8.76. The SMILES string of the molecule is CC(C)(CNC(=O)c1cnc(N2CCC3(CC2)NC(=O)N(Cc2ccccc2)C3=O)nc1)COCC(C)(C)CC(=O)ON1C(=O)CCC1=O. The Balaban J connectivity index is 1.04. The highest BCUT2D eigenvalue weighted by atomic mass is 16.7. The highest BCUT2D eigenvalue weighted by molar-refractivity contribution is 6.07. The minimum atomic E-state index is -0.948. The number of urea groups is 1. The first-order valence-electron chi connectivity index (χ1n) is 16.3. The Hall–Kier alpha value is -4.92. The molecule has 2 N–H and O–H groups in total. The van der Waals surface area contributed by atoms with Crippen LogP contribution >= 0.6 is 0 Å². The van der Waals surface area contributed by atoms with E-state index < -0.39 is 34.2 Å². The van der Waals surface area contributed by atoms with Crippen molar-refractivity contribution in [3.8, 4) is 0 Å². The van der Waals surface area contributed by atoms with Crippen LogP contribution in [0, 0.1) is 10.8 Å². The van der Waals surface area contributed by atoms with Gasteiger partial charge in [0.05, 0.1) is 31.7 Å². The Morgan fingerprint density at radius 2 is 1.53 bits per heavy atom. The zero-order valence-corrected chi connectivity index (χ0v) is 28.3. The molecule has 15 heteroatoms. The maximum atomic E-state index is 13.3. The molecule has 49 heavy (non-hydrogen) atoms. The molecule has 3 aliphatic heterocycles. The van der Waals surface area contributed by atoms with Gasteiger partial charge in [-0.05, 0) is 23.8 Å². The van der Waals surface area contributed by atoms with Gasteiger partial charge in [-0.3, -0.25) is 24.1 Å². The molecule has 1 spiro atoms. The molecule has 262 valence electrons. The van der Waals surface area contributed by atoms with Crippen LogP contribution in [0.4, 0.5) is 10.7 Å². The number of carbonyl (C=O) groups excluding carboxylic acids is 6. The van der Waals surface area contributed by atoms with Gasteiger partial charge >= 0.3 is 12.0 Å². The smallest absolute Gasteiger partial charge is 0.333 e. The van der Waals surface area contributed by atoms with Crippen molar-refractivity contribution in [2.24, 2.45) is 10.8 Å². The third kappa shape index (κ3) is 8.57. The number of amides is 6. The van der Waals surface area contributed by atoms with Gasteiger partial charge in [-0.2, -0.15) is 0 Å². The lowest BCUT2D eigenvalue weighted by Crippen LogP contribution is -2.55. The van der Waals surface area contributed by atoms with Crippen molar-refractivity contribution >= 4 is 41.6 Å². The molecule has 15 nitrogen and oxygen atoms in total. The average molecular weight is 678 g/mol. The van der Waals surface area contributed by atoms with Crippen LogP contribution in [-0.4, -0.2) is 93.9 Å². The average Bonchev–Trinajstić information content (AvgIpc) is 3.49. The number of rotatable bonds is 13. The van der Waals surface area contributed by atoms with Crippen molar-refractivity contribution in [3.05, 3.63) is 53.9 Å². The maximum Gasteiger partial charge on any atom is 0.333 e. The summed E-state index contributed by atoms with van der Waals surface area (Å²) >= 11 is 0. The second-order valence-corrected chi connectivity index (χ2v) is 14.4. The Morgan fingerprint density at radius 3 is 2.16 bits per heavy atom. The van der Waals surface area contributed by atoms with Crippen LogP contribution in [0.25, 0.3) is 0 Å². The second kappa shape index (κ2) is 14.3. The number of piperidine rings is 1. The molecule has 3 fully saturated rings. The lowest BCUT2D eigenvalue weighted by atomic mass is 9.87. The molecule has 3 aliphatic rings. The first kappa shape index (κ1) is 35.4. The number of aromatic nitrogens is 2. The predicted octanol–water partition coefficient (Wildman–Crippen LogP) is 2.36. The van der Waals surface area contributed by atoms with Gasteiger partial charge in [0.25, 0.3) is 23.6 Å². The number of nitrogens with one attached hydrogen (secondary N) is 2. The monoisotopic (exact) mass is 677 g/mol. The normalized spacial score (nSPS) is 17.9. The molecule has 5 rings (SSSR count). The van der Waals surface area contributed by atoms with E-state index in [4.69, 9.17) is 9.57 Å². The molecular formula is C34H43N7O8. The summed E-state index contributed by atoms with van der Waals surface area (Å²) in [5.41, 5.74) is -0.853. The number of benzene rings is 1. The molecule has 0 radical (unpaired) electrons. The van der Waals surface area contributed by atoms with Gasteiger partial charge < -0.3 is 25.1 Å². The van der Waals surface area contributed by atoms with Crippen LogP contribution < -0.4 is 15.5 Å². The molecule has 0 atom stereocenters. The minimum absolute atomic E-state index is 0.0320. The number of carbonyl (C=O) groups is 6. The molecular weight excluding hydrogens is 634 g/mol. The fourth-order valence-electron chi connectivity index (χ4n) is 5.92. The summed E-state index contributed by atoms with van der Waals surface area (Å²) in [5, 5.41) is 6.35. The standard InChI is InChI=1S/C34H43N7O8/c1-32(2,16-27(44)49-41-25(42)10-11-26(41)43)21-48-22-33(3,4)20-37-28(45)24-17-35-30(36-18-24)39-14-12-34(13-15-39)29(46)40(31(47)38-34)19-23-8-6-5-7-9-23/h5-9,17-18H,10-16,19-22H2,1-4H3,(H,37,45)(H,38,47). The first-order valence-corrected chi connectivity index (χ1v) is 16.3. The van der Waals surface area contributed by atoms with Crippen LogP contribution in [0.3, 0.4) is 0 Å². The molecule has 4 heterocycles. The lowest BCUT2D eigenvalue weighted by molar-refractivity contribution is -0.199. The van der Waals surface area contributed by atoms with Crippen LogP contribution in [0.15, 0.2) is 42.7 Å². The number of anilines is 1.